The lowest BCUT2D eigenvalue weighted by Crippen LogP contribution is -2.43. The molecule has 0 spiro atoms. The molecule has 0 bridgehead atoms. The number of carbonyl (C=O) groups excluding carboxylic acids is 1. The molecule has 37 heavy (non-hydrogen) atoms. The van der Waals surface area contributed by atoms with Crippen LogP contribution in [0.25, 0.3) is 11.1 Å². The maximum absolute atomic E-state index is 16.0. The monoisotopic (exact) mass is 504 g/mol. The Morgan fingerprint density at radius 3 is 2.65 bits per heavy atom. The number of amides is 1. The summed E-state index contributed by atoms with van der Waals surface area (Å²) in [6.07, 6.45) is 8.91. The molecule has 7 nitrogen and oxygen atoms in total. The highest BCUT2D eigenvalue weighted by Gasteiger charge is 2.41. The van der Waals surface area contributed by atoms with Crippen LogP contribution in [-0.4, -0.2) is 41.9 Å². The smallest absolute Gasteiger partial charge is 0.230 e. The maximum Gasteiger partial charge on any atom is 0.230 e. The van der Waals surface area contributed by atoms with Gasteiger partial charge in [-0.05, 0) is 76.7 Å². The fourth-order valence-electron chi connectivity index (χ4n) is 5.59. The molecule has 3 heterocycles. The Kier molecular flexibility index (Phi) is 6.36. The van der Waals surface area contributed by atoms with Gasteiger partial charge in [0.1, 0.15) is 23.1 Å². The number of hydrogen-bond donors (Lipinski definition) is 1. The number of anilines is 1. The molecule has 1 N–H and O–H groups in total. The second kappa shape index (κ2) is 9.82. The van der Waals surface area contributed by atoms with E-state index in [0.29, 0.717) is 41.0 Å². The number of piperidine rings is 1. The molecule has 8 heteroatoms. The van der Waals surface area contributed by atoms with Gasteiger partial charge in [0, 0.05) is 40.9 Å². The lowest BCUT2D eigenvalue weighted by Gasteiger charge is -2.37. The number of ether oxygens (including phenoxy) is 2. The molecular formula is C29H33FN4O3. The number of hydrogen-bond acceptors (Lipinski definition) is 5. The Labute approximate surface area is 216 Å². The Morgan fingerprint density at radius 1 is 1.11 bits per heavy atom. The molecule has 2 aromatic carbocycles. The van der Waals surface area contributed by atoms with Gasteiger partial charge in [-0.15, -0.1) is 0 Å². The normalized spacial score (nSPS) is 20.0. The minimum atomic E-state index is -0.391. The van der Waals surface area contributed by atoms with Crippen molar-refractivity contribution in [2.75, 3.05) is 25.1 Å². The van der Waals surface area contributed by atoms with Gasteiger partial charge >= 0.3 is 0 Å². The summed E-state index contributed by atoms with van der Waals surface area (Å²) in [5, 5.41) is 8.03. The molecule has 2 aliphatic heterocycles. The topological polar surface area (TPSA) is 68.6 Å². The van der Waals surface area contributed by atoms with E-state index in [1.165, 1.54) is 6.07 Å². The third-order valence-corrected chi connectivity index (χ3v) is 7.82. The number of nitrogens with zero attached hydrogens (tertiary/aromatic N) is 3. The van der Waals surface area contributed by atoms with Crippen molar-refractivity contribution in [1.29, 1.82) is 0 Å². The molecule has 3 aliphatic rings. The van der Waals surface area contributed by atoms with Crippen molar-refractivity contribution in [2.24, 2.45) is 5.92 Å². The summed E-state index contributed by atoms with van der Waals surface area (Å²) in [5.41, 5.74) is 2.55. The Hall–Kier alpha value is -3.39. The van der Waals surface area contributed by atoms with Crippen LogP contribution in [0.15, 0.2) is 42.7 Å². The van der Waals surface area contributed by atoms with E-state index in [1.807, 2.05) is 42.1 Å². The van der Waals surface area contributed by atoms with Crippen LogP contribution < -0.4 is 19.7 Å². The van der Waals surface area contributed by atoms with Crippen molar-refractivity contribution in [1.82, 2.24) is 15.1 Å². The molecule has 6 rings (SSSR count). The summed E-state index contributed by atoms with van der Waals surface area (Å²) in [5.74, 6) is 1.48. The first-order valence-electron chi connectivity index (χ1n) is 13.3. The van der Waals surface area contributed by atoms with Gasteiger partial charge in [-0.25, -0.2) is 4.39 Å². The van der Waals surface area contributed by atoms with Crippen LogP contribution in [0.3, 0.4) is 0 Å². The van der Waals surface area contributed by atoms with Gasteiger partial charge in [0.05, 0.1) is 25.0 Å². The van der Waals surface area contributed by atoms with E-state index in [9.17, 15) is 4.79 Å². The highest BCUT2D eigenvalue weighted by molar-refractivity contribution is 5.99. The predicted octanol–water partition coefficient (Wildman–Crippen LogP) is 5.49. The van der Waals surface area contributed by atoms with Gasteiger partial charge < -0.3 is 19.7 Å². The fourth-order valence-corrected chi connectivity index (χ4v) is 5.59. The van der Waals surface area contributed by atoms with Crippen molar-refractivity contribution < 1.29 is 18.7 Å². The highest BCUT2D eigenvalue weighted by atomic mass is 19.1. The van der Waals surface area contributed by atoms with Crippen LogP contribution in [-0.2, 0) is 11.2 Å². The average molecular weight is 505 g/mol. The zero-order chi connectivity index (χ0) is 25.5. The van der Waals surface area contributed by atoms with Gasteiger partial charge in [-0.1, -0.05) is 6.07 Å². The van der Waals surface area contributed by atoms with E-state index < -0.39 is 5.82 Å². The first-order chi connectivity index (χ1) is 18.0. The van der Waals surface area contributed by atoms with E-state index in [1.54, 1.807) is 18.2 Å². The number of nitrogens with one attached hydrogen (secondary N) is 1. The van der Waals surface area contributed by atoms with Gasteiger partial charge in [0.2, 0.25) is 5.91 Å². The van der Waals surface area contributed by atoms with Crippen LogP contribution in [0, 0.1) is 11.7 Å². The highest BCUT2D eigenvalue weighted by Crippen LogP contribution is 2.48. The summed E-state index contributed by atoms with van der Waals surface area (Å²) in [6, 6.07) is 9.17. The molecule has 3 aromatic rings. The third-order valence-electron chi connectivity index (χ3n) is 7.82. The summed E-state index contributed by atoms with van der Waals surface area (Å²) >= 11 is 0. The second-order valence-electron chi connectivity index (χ2n) is 10.4. The van der Waals surface area contributed by atoms with Crippen LogP contribution in [0.2, 0.25) is 0 Å². The Balaban J connectivity index is 1.47. The summed E-state index contributed by atoms with van der Waals surface area (Å²) in [6.45, 7) is 3.92. The molecule has 2 fully saturated rings. The maximum atomic E-state index is 16.0. The number of aromatic nitrogens is 2. The average Bonchev–Trinajstić information content (AvgIpc) is 3.66. The van der Waals surface area contributed by atoms with Crippen molar-refractivity contribution in [3.63, 3.8) is 0 Å². The van der Waals surface area contributed by atoms with Crippen molar-refractivity contribution in [2.45, 2.75) is 57.5 Å². The number of carbonyl (C=O) groups is 1. The summed E-state index contributed by atoms with van der Waals surface area (Å²) in [7, 11) is 1.61. The number of fused-ring (bicyclic) bond motifs is 1. The third kappa shape index (κ3) is 4.59. The number of methoxy groups -OCH3 is 1. The van der Waals surface area contributed by atoms with Gasteiger partial charge in [-0.3, -0.25) is 9.48 Å². The molecule has 1 aliphatic carbocycles. The molecule has 1 unspecified atom stereocenters. The fraction of sp³-hybridized carbons (Fsp3) is 0.448. The van der Waals surface area contributed by atoms with E-state index in [2.05, 4.69) is 10.4 Å². The molecule has 194 valence electrons. The lowest BCUT2D eigenvalue weighted by molar-refractivity contribution is -0.120. The predicted molar refractivity (Wildman–Crippen MR) is 140 cm³/mol. The minimum Gasteiger partial charge on any atom is -0.497 e. The quantitative estimate of drug-likeness (QED) is 0.481. The number of halogens is 1. The van der Waals surface area contributed by atoms with Gasteiger partial charge in [-0.2, -0.15) is 5.10 Å². The minimum absolute atomic E-state index is 0.00144. The number of benzene rings is 2. The molecule has 1 saturated heterocycles. The molecule has 0 radical (unpaired) electrons. The Morgan fingerprint density at radius 2 is 1.89 bits per heavy atom. The standard InChI is InChI=1S/C29H33FN4O3/c1-18-6-9-24-27(34(18)29(35)19-7-8-19)26(30)15-25(28(24)37-23-5-3-4-22(14-23)36-2)20-16-32-33(17-20)21-10-12-31-13-11-21/h3-5,14-19,21,31H,6-13H2,1-2H3. The van der Waals surface area contributed by atoms with Crippen LogP contribution in [0.4, 0.5) is 10.1 Å². The summed E-state index contributed by atoms with van der Waals surface area (Å²) in [4.78, 5) is 14.9. The van der Waals surface area contributed by atoms with Crippen LogP contribution in [0.1, 0.15) is 50.6 Å². The summed E-state index contributed by atoms with van der Waals surface area (Å²) < 4.78 is 29.9. The van der Waals surface area contributed by atoms with E-state index in [4.69, 9.17) is 9.47 Å². The van der Waals surface area contributed by atoms with E-state index in [0.717, 1.165) is 56.3 Å². The molecule has 1 saturated carbocycles. The van der Waals surface area contributed by atoms with Crippen molar-refractivity contribution >= 4 is 11.6 Å². The van der Waals surface area contributed by atoms with Crippen molar-refractivity contribution in [3.05, 3.63) is 54.1 Å². The molecule has 1 aromatic heterocycles. The van der Waals surface area contributed by atoms with E-state index in [-0.39, 0.29) is 17.9 Å². The number of rotatable bonds is 6. The molecule has 1 amide bonds. The first kappa shape index (κ1) is 24.0. The van der Waals surface area contributed by atoms with Crippen molar-refractivity contribution in [3.8, 4) is 28.4 Å². The lowest BCUT2D eigenvalue weighted by atomic mass is 9.91. The van der Waals surface area contributed by atoms with Gasteiger partial charge in [0.15, 0.2) is 0 Å². The SMILES string of the molecule is COc1cccc(Oc2c(-c3cnn(C4CCNCC4)c3)cc(F)c3c2CCC(C)N3C(=O)C2CC2)c1. The molecular weight excluding hydrogens is 471 g/mol. The zero-order valence-electron chi connectivity index (χ0n) is 21.4. The van der Waals surface area contributed by atoms with E-state index >= 15 is 4.39 Å². The first-order valence-corrected chi connectivity index (χ1v) is 13.3. The second-order valence-corrected chi connectivity index (χ2v) is 10.4. The van der Waals surface area contributed by atoms with Crippen LogP contribution >= 0.6 is 0 Å². The molecule has 1 atom stereocenters. The van der Waals surface area contributed by atoms with Gasteiger partial charge in [0.25, 0.3) is 0 Å². The zero-order valence-corrected chi connectivity index (χ0v) is 21.4. The largest absolute Gasteiger partial charge is 0.497 e. The Bertz CT molecular complexity index is 1310. The van der Waals surface area contributed by atoms with Crippen LogP contribution in [0.5, 0.6) is 17.2 Å².